The van der Waals surface area contributed by atoms with Crippen LogP contribution in [-0.2, 0) is 21.1 Å². The first-order chi connectivity index (χ1) is 26.9. The average Bonchev–Trinajstić information content (AvgIpc) is 3.80. The van der Waals surface area contributed by atoms with Crippen LogP contribution in [0.2, 0.25) is 19.6 Å². The van der Waals surface area contributed by atoms with E-state index in [4.69, 9.17) is 24.7 Å². The minimum Gasteiger partial charge on any atom is -0.496 e. The van der Waals surface area contributed by atoms with Crippen molar-refractivity contribution < 1.29 is 25.8 Å². The van der Waals surface area contributed by atoms with E-state index in [0.29, 0.717) is 11.5 Å². The molecular weight excluding hydrogens is 888 g/mol. The number of para-hydroxylation sites is 5. The van der Waals surface area contributed by atoms with Gasteiger partial charge in [0.2, 0.25) is 0 Å². The molecule has 0 unspecified atom stereocenters. The molecule has 0 saturated heterocycles. The number of fused-ring (bicyclic) bond motifs is 6. The fourth-order valence-electron chi connectivity index (χ4n) is 7.37. The van der Waals surface area contributed by atoms with Gasteiger partial charge in [0.15, 0.2) is 0 Å². The Morgan fingerprint density at radius 1 is 0.625 bits per heavy atom. The molecule has 4 aromatic heterocycles. The maximum Gasteiger partial charge on any atom is 2.00 e. The van der Waals surface area contributed by atoms with Crippen LogP contribution in [0.3, 0.4) is 0 Å². The molecule has 0 N–H and O–H groups in total. The predicted octanol–water partition coefficient (Wildman–Crippen LogP) is 10.7. The zero-order chi connectivity index (χ0) is 37.1. The normalized spacial score (nSPS) is 11.7. The van der Waals surface area contributed by atoms with Crippen molar-refractivity contribution in [3.63, 3.8) is 0 Å². The number of hydrogen-bond acceptors (Lipinski definition) is 5. The zero-order valence-corrected chi connectivity index (χ0v) is 34.1. The Morgan fingerprint density at radius 3 is 2.18 bits per heavy atom. The monoisotopic (exact) mass is 921 g/mol. The van der Waals surface area contributed by atoms with Crippen LogP contribution in [0.25, 0.3) is 78.1 Å². The predicted molar refractivity (Wildman–Crippen MR) is 224 cm³/mol. The molecule has 0 amide bonds. The standard InChI is InChI=1S/C47H34N6OSi.Pt/c1-55(2,3)45-25-24-32(39-28-36-40(29-48-39)49-30-52-42-22-11-8-19-37(42)51-47(36)52)27-44(45)54-34-17-13-16-33(26-34)46-50-38-20-9-12-23-43(38)53(46)41-21-10-7-18-35(41)31-14-5-4-6-15-31;/h4-25,28-30H,1-3H3;/q-2;+2. The minimum absolute atomic E-state index is 0. The number of imidazole rings is 2. The van der Waals surface area contributed by atoms with Gasteiger partial charge in [-0.15, -0.1) is 41.5 Å². The summed E-state index contributed by atoms with van der Waals surface area (Å²) in [6.45, 7) is 6.94. The van der Waals surface area contributed by atoms with Crippen LogP contribution < -0.4 is 9.92 Å². The molecule has 0 aliphatic heterocycles. The van der Waals surface area contributed by atoms with Gasteiger partial charge in [0.05, 0.1) is 33.4 Å². The van der Waals surface area contributed by atoms with Crippen molar-refractivity contribution in [3.8, 4) is 51.0 Å². The first-order valence-electron chi connectivity index (χ1n) is 18.3. The van der Waals surface area contributed by atoms with Crippen molar-refractivity contribution in [1.82, 2.24) is 28.9 Å². The molecule has 7 nitrogen and oxygen atoms in total. The fourth-order valence-corrected chi connectivity index (χ4v) is 8.75. The molecule has 0 aliphatic carbocycles. The van der Waals surface area contributed by atoms with E-state index in [0.717, 1.165) is 83.3 Å². The summed E-state index contributed by atoms with van der Waals surface area (Å²) >= 11 is 0. The molecule has 6 aromatic carbocycles. The summed E-state index contributed by atoms with van der Waals surface area (Å²) in [7, 11) is -1.88. The maximum atomic E-state index is 6.80. The third-order valence-electron chi connectivity index (χ3n) is 10.0. The van der Waals surface area contributed by atoms with Gasteiger partial charge in [-0.1, -0.05) is 116 Å². The van der Waals surface area contributed by atoms with Gasteiger partial charge in [-0.05, 0) is 41.6 Å². The number of nitrogens with zero attached hydrogens (tertiary/aromatic N) is 6. The van der Waals surface area contributed by atoms with Crippen LogP contribution in [0, 0.1) is 12.1 Å². The van der Waals surface area contributed by atoms with Gasteiger partial charge in [-0.2, -0.15) is 0 Å². The molecule has 0 spiro atoms. The van der Waals surface area contributed by atoms with Gasteiger partial charge >= 0.3 is 21.1 Å². The molecule has 56 heavy (non-hydrogen) atoms. The molecular formula is C47H34N6OPtSi. The second-order valence-corrected chi connectivity index (χ2v) is 19.7. The smallest absolute Gasteiger partial charge is 0.496 e. The first-order valence-corrected chi connectivity index (χ1v) is 21.8. The van der Waals surface area contributed by atoms with Crippen molar-refractivity contribution in [2.45, 2.75) is 19.6 Å². The zero-order valence-electron chi connectivity index (χ0n) is 30.8. The van der Waals surface area contributed by atoms with Crippen molar-refractivity contribution >= 4 is 51.9 Å². The number of hydrogen-bond donors (Lipinski definition) is 0. The Bertz CT molecular complexity index is 3080. The fraction of sp³-hybridized carbons (Fsp3) is 0.0638. The summed E-state index contributed by atoms with van der Waals surface area (Å²) in [6.07, 6.45) is 3.63. The quantitative estimate of drug-likeness (QED) is 0.118. The molecule has 0 radical (unpaired) electrons. The van der Waals surface area contributed by atoms with Crippen molar-refractivity contribution in [3.05, 3.63) is 164 Å². The van der Waals surface area contributed by atoms with Crippen LogP contribution >= 0.6 is 0 Å². The van der Waals surface area contributed by atoms with Gasteiger partial charge in [0, 0.05) is 42.4 Å². The number of pyridine rings is 1. The molecule has 0 fully saturated rings. The third kappa shape index (κ3) is 6.21. The van der Waals surface area contributed by atoms with Gasteiger partial charge in [0.1, 0.15) is 12.0 Å². The molecule has 0 bridgehead atoms. The number of ether oxygens (including phenoxy) is 1. The summed E-state index contributed by atoms with van der Waals surface area (Å²) < 4.78 is 11.1. The largest absolute Gasteiger partial charge is 2.00 e. The Kier molecular flexibility index (Phi) is 8.95. The Balaban J connectivity index is 0.00000410. The SMILES string of the molecule is C[Si](C)(C)c1ccc(-c2cc3c(cn2)ncn2c4ccccc4nc32)[c-]c1Oc1[c-]c(-c2nc3ccccc3n2-c2ccccc2-c2ccccc2)ccc1.[Pt+2]. The Morgan fingerprint density at radius 2 is 1.36 bits per heavy atom. The van der Waals surface area contributed by atoms with Gasteiger partial charge in [-0.3, -0.25) is 9.38 Å². The Hall–Kier alpha value is -6.21. The van der Waals surface area contributed by atoms with E-state index >= 15 is 0 Å². The van der Waals surface area contributed by atoms with Crippen molar-refractivity contribution in [2.75, 3.05) is 0 Å². The number of benzene rings is 6. The summed E-state index contributed by atoms with van der Waals surface area (Å²) in [5.41, 5.74) is 11.2. The molecule has 10 rings (SSSR count). The van der Waals surface area contributed by atoms with Crippen LogP contribution in [-0.4, -0.2) is 37.0 Å². The summed E-state index contributed by atoms with van der Waals surface area (Å²) in [5.74, 6) is 2.05. The molecule has 0 atom stereocenters. The van der Waals surface area contributed by atoms with E-state index in [2.05, 4.69) is 127 Å². The first kappa shape index (κ1) is 35.5. The summed E-state index contributed by atoms with van der Waals surface area (Å²) in [6, 6.07) is 54.8. The van der Waals surface area contributed by atoms with Gasteiger partial charge in [-0.25, -0.2) is 9.97 Å². The third-order valence-corrected chi connectivity index (χ3v) is 12.0. The second kappa shape index (κ2) is 14.1. The second-order valence-electron chi connectivity index (χ2n) is 14.7. The van der Waals surface area contributed by atoms with E-state index < -0.39 is 8.07 Å². The molecule has 10 aromatic rings. The average molecular weight is 922 g/mol. The number of rotatable bonds is 7. The van der Waals surface area contributed by atoms with Gasteiger partial charge < -0.3 is 14.3 Å². The number of aromatic nitrogens is 6. The molecule has 272 valence electrons. The van der Waals surface area contributed by atoms with E-state index in [1.54, 1.807) is 0 Å². The van der Waals surface area contributed by atoms with Crippen LogP contribution in [0.5, 0.6) is 11.5 Å². The van der Waals surface area contributed by atoms with Crippen LogP contribution in [0.15, 0.2) is 152 Å². The van der Waals surface area contributed by atoms with E-state index in [-0.39, 0.29) is 21.1 Å². The van der Waals surface area contributed by atoms with E-state index in [1.807, 2.05) is 65.5 Å². The van der Waals surface area contributed by atoms with E-state index in [9.17, 15) is 0 Å². The minimum atomic E-state index is -1.88. The van der Waals surface area contributed by atoms with Crippen LogP contribution in [0.4, 0.5) is 0 Å². The van der Waals surface area contributed by atoms with Gasteiger partial charge in [0.25, 0.3) is 0 Å². The summed E-state index contributed by atoms with van der Waals surface area (Å²) in [4.78, 5) is 19.6. The molecule has 9 heteroatoms. The summed E-state index contributed by atoms with van der Waals surface area (Å²) in [5, 5.41) is 2.08. The van der Waals surface area contributed by atoms with Crippen molar-refractivity contribution in [1.29, 1.82) is 0 Å². The maximum absolute atomic E-state index is 6.80. The van der Waals surface area contributed by atoms with Crippen molar-refractivity contribution in [2.24, 2.45) is 0 Å². The molecule has 0 saturated carbocycles. The molecule has 0 aliphatic rings. The topological polar surface area (TPSA) is 70.1 Å². The van der Waals surface area contributed by atoms with Crippen LogP contribution in [0.1, 0.15) is 0 Å². The van der Waals surface area contributed by atoms with E-state index in [1.165, 1.54) is 0 Å². The Labute approximate surface area is 339 Å². The molecule has 4 heterocycles.